The van der Waals surface area contributed by atoms with Crippen LogP contribution in [0.3, 0.4) is 0 Å². The zero-order valence-corrected chi connectivity index (χ0v) is 13.7. The molecule has 104 valence electrons. The van der Waals surface area contributed by atoms with E-state index >= 15 is 0 Å². The van der Waals surface area contributed by atoms with Crippen LogP contribution in [0.5, 0.6) is 0 Å². The fourth-order valence-corrected chi connectivity index (χ4v) is 2.66. The summed E-state index contributed by atoms with van der Waals surface area (Å²) >= 11 is 8.26. The molecule has 1 heterocycles. The normalized spacial score (nSPS) is 14.4. The first-order valence-electron chi connectivity index (χ1n) is 6.30. The van der Waals surface area contributed by atoms with Gasteiger partial charge in [0, 0.05) is 15.1 Å². The quantitative estimate of drug-likeness (QED) is 0.591. The van der Waals surface area contributed by atoms with Gasteiger partial charge in [-0.05, 0) is 60.6 Å². The predicted molar refractivity (Wildman–Crippen MR) is 86.2 cm³/mol. The van der Waals surface area contributed by atoms with E-state index in [1.165, 1.54) is 12.1 Å². The first-order chi connectivity index (χ1) is 9.54. The number of nitrogens with one attached hydrogen (secondary N) is 1. The summed E-state index contributed by atoms with van der Waals surface area (Å²) in [4.78, 5) is 8.88. The van der Waals surface area contributed by atoms with E-state index in [1.807, 2.05) is 6.92 Å². The van der Waals surface area contributed by atoms with Gasteiger partial charge in [-0.25, -0.2) is 14.4 Å². The van der Waals surface area contributed by atoms with E-state index in [4.69, 9.17) is 11.6 Å². The lowest BCUT2D eigenvalue weighted by Crippen LogP contribution is -2.04. The van der Waals surface area contributed by atoms with Crippen LogP contribution in [0.15, 0.2) is 18.2 Å². The third kappa shape index (κ3) is 2.88. The molecule has 0 bridgehead atoms. The molecule has 0 unspecified atom stereocenters. The summed E-state index contributed by atoms with van der Waals surface area (Å²) < 4.78 is 13.9. The Balaban J connectivity index is 1.97. The molecule has 0 atom stereocenters. The molecule has 0 aliphatic heterocycles. The van der Waals surface area contributed by atoms with Gasteiger partial charge in [0.15, 0.2) is 0 Å². The Kier molecular flexibility index (Phi) is 3.81. The molecule has 1 fully saturated rings. The number of nitrogens with zero attached hydrogens (tertiary/aromatic N) is 2. The van der Waals surface area contributed by atoms with Crippen molar-refractivity contribution < 1.29 is 4.39 Å². The van der Waals surface area contributed by atoms with E-state index in [9.17, 15) is 4.39 Å². The molecule has 0 amide bonds. The second-order valence-electron chi connectivity index (χ2n) is 4.87. The van der Waals surface area contributed by atoms with Crippen LogP contribution in [0.1, 0.15) is 30.1 Å². The minimum Gasteiger partial charge on any atom is -0.339 e. The van der Waals surface area contributed by atoms with Gasteiger partial charge in [-0.1, -0.05) is 11.6 Å². The molecule has 3 rings (SSSR count). The number of rotatable bonds is 3. The Morgan fingerprint density at radius 1 is 1.35 bits per heavy atom. The Morgan fingerprint density at radius 2 is 2.10 bits per heavy atom. The summed E-state index contributed by atoms with van der Waals surface area (Å²) in [7, 11) is 0. The molecule has 3 nitrogen and oxygen atoms in total. The van der Waals surface area contributed by atoms with Crippen molar-refractivity contribution in [2.45, 2.75) is 25.7 Å². The molecule has 20 heavy (non-hydrogen) atoms. The average Bonchev–Trinajstić information content (AvgIpc) is 3.22. The van der Waals surface area contributed by atoms with Crippen LogP contribution in [-0.4, -0.2) is 9.97 Å². The molecule has 1 aliphatic rings. The topological polar surface area (TPSA) is 37.8 Å². The van der Waals surface area contributed by atoms with Gasteiger partial charge in [0.25, 0.3) is 0 Å². The van der Waals surface area contributed by atoms with Crippen molar-refractivity contribution in [3.63, 3.8) is 0 Å². The van der Waals surface area contributed by atoms with Crippen LogP contribution in [0.4, 0.5) is 15.9 Å². The highest BCUT2D eigenvalue weighted by Crippen LogP contribution is 2.39. The van der Waals surface area contributed by atoms with Crippen molar-refractivity contribution in [3.8, 4) is 0 Å². The molecule has 1 aromatic heterocycles. The van der Waals surface area contributed by atoms with Crippen molar-refractivity contribution >= 4 is 45.7 Å². The van der Waals surface area contributed by atoms with E-state index in [0.717, 1.165) is 33.5 Å². The van der Waals surface area contributed by atoms with Crippen LogP contribution in [0.25, 0.3) is 0 Å². The van der Waals surface area contributed by atoms with Crippen LogP contribution in [-0.2, 0) is 0 Å². The summed E-state index contributed by atoms with van der Waals surface area (Å²) in [5.74, 6) is 1.66. The average molecular weight is 404 g/mol. The number of hydrogen-bond donors (Lipinski definition) is 1. The van der Waals surface area contributed by atoms with Crippen molar-refractivity contribution in [3.05, 3.63) is 44.1 Å². The van der Waals surface area contributed by atoms with Crippen molar-refractivity contribution in [1.29, 1.82) is 0 Å². The molecule has 0 radical (unpaired) electrons. The Hall–Kier alpha value is -0.950. The molecular weight excluding hydrogens is 392 g/mol. The molecule has 1 saturated carbocycles. The van der Waals surface area contributed by atoms with Gasteiger partial charge in [-0.15, -0.1) is 0 Å². The monoisotopic (exact) mass is 403 g/mol. The zero-order valence-electron chi connectivity index (χ0n) is 10.8. The van der Waals surface area contributed by atoms with Gasteiger partial charge in [0.2, 0.25) is 0 Å². The Morgan fingerprint density at radius 3 is 2.75 bits per heavy atom. The van der Waals surface area contributed by atoms with Crippen LogP contribution in [0, 0.1) is 16.3 Å². The van der Waals surface area contributed by atoms with Crippen LogP contribution >= 0.6 is 34.2 Å². The van der Waals surface area contributed by atoms with Crippen molar-refractivity contribution in [2.75, 3.05) is 5.32 Å². The summed E-state index contributed by atoms with van der Waals surface area (Å²) in [5, 5.41) is 3.70. The fourth-order valence-electron chi connectivity index (χ4n) is 1.87. The highest BCUT2D eigenvalue weighted by Gasteiger charge is 2.28. The lowest BCUT2D eigenvalue weighted by atomic mass is 10.2. The van der Waals surface area contributed by atoms with E-state index in [0.29, 0.717) is 16.9 Å². The fraction of sp³-hybridized carbons (Fsp3) is 0.286. The predicted octanol–water partition coefficient (Wildman–Crippen LogP) is 4.80. The number of benzene rings is 1. The number of aromatic nitrogens is 2. The van der Waals surface area contributed by atoms with E-state index < -0.39 is 0 Å². The lowest BCUT2D eigenvalue weighted by molar-refractivity contribution is 0.627. The lowest BCUT2D eigenvalue weighted by Gasteiger charge is -2.12. The minimum absolute atomic E-state index is 0.254. The highest BCUT2D eigenvalue weighted by atomic mass is 127. The summed E-state index contributed by atoms with van der Waals surface area (Å²) in [6, 6.07) is 4.59. The first-order valence-corrected chi connectivity index (χ1v) is 7.76. The maximum Gasteiger partial charge on any atom is 0.138 e. The SMILES string of the molecule is Cc1c(Cl)nc(C2CC2)nc1Nc1ccc(F)cc1I. The van der Waals surface area contributed by atoms with Crippen molar-refractivity contribution in [1.82, 2.24) is 9.97 Å². The molecule has 2 aromatic rings. The summed E-state index contributed by atoms with van der Waals surface area (Å²) in [6.07, 6.45) is 2.24. The third-order valence-corrected chi connectivity index (χ3v) is 4.49. The molecule has 1 N–H and O–H groups in total. The van der Waals surface area contributed by atoms with E-state index in [1.54, 1.807) is 6.07 Å². The van der Waals surface area contributed by atoms with E-state index in [2.05, 4.69) is 37.9 Å². The van der Waals surface area contributed by atoms with E-state index in [-0.39, 0.29) is 5.82 Å². The van der Waals surface area contributed by atoms with Gasteiger partial charge in [0.05, 0.1) is 5.69 Å². The second-order valence-corrected chi connectivity index (χ2v) is 6.39. The molecule has 1 aliphatic carbocycles. The maximum atomic E-state index is 13.1. The summed E-state index contributed by atoms with van der Waals surface area (Å²) in [5.41, 5.74) is 1.61. The number of halogens is 3. The minimum atomic E-state index is -0.254. The molecule has 0 spiro atoms. The Bertz CT molecular complexity index is 674. The number of hydrogen-bond acceptors (Lipinski definition) is 3. The largest absolute Gasteiger partial charge is 0.339 e. The van der Waals surface area contributed by atoms with Crippen LogP contribution < -0.4 is 5.32 Å². The molecule has 0 saturated heterocycles. The highest BCUT2D eigenvalue weighted by molar-refractivity contribution is 14.1. The Labute approximate surface area is 135 Å². The second kappa shape index (κ2) is 5.44. The number of anilines is 2. The van der Waals surface area contributed by atoms with Gasteiger partial charge in [-0.3, -0.25) is 0 Å². The van der Waals surface area contributed by atoms with Gasteiger partial charge < -0.3 is 5.32 Å². The van der Waals surface area contributed by atoms with Crippen LogP contribution in [0.2, 0.25) is 5.15 Å². The van der Waals surface area contributed by atoms with Gasteiger partial charge >= 0.3 is 0 Å². The third-order valence-electron chi connectivity index (χ3n) is 3.23. The first kappa shape index (κ1) is 14.0. The van der Waals surface area contributed by atoms with Crippen molar-refractivity contribution in [2.24, 2.45) is 0 Å². The summed E-state index contributed by atoms with van der Waals surface area (Å²) in [6.45, 7) is 1.87. The molecule has 1 aromatic carbocycles. The zero-order chi connectivity index (χ0) is 14.3. The van der Waals surface area contributed by atoms with Gasteiger partial charge in [-0.2, -0.15) is 0 Å². The van der Waals surface area contributed by atoms with Gasteiger partial charge in [0.1, 0.15) is 22.6 Å². The maximum absolute atomic E-state index is 13.1. The standard InChI is InChI=1S/C14H12ClFIN3/c1-7-12(15)19-14(8-2-3-8)20-13(7)18-11-5-4-9(16)6-10(11)17/h4-6,8H,2-3H2,1H3,(H,18,19,20). The smallest absolute Gasteiger partial charge is 0.138 e. The molecule has 6 heteroatoms. The molecular formula is C14H12ClFIN3.